The molecule has 5 nitrogen and oxygen atoms in total. The number of nitriles is 1. The van der Waals surface area contributed by atoms with E-state index in [0.717, 1.165) is 25.8 Å². The summed E-state index contributed by atoms with van der Waals surface area (Å²) in [6, 6.07) is 8.46. The second kappa shape index (κ2) is 7.03. The van der Waals surface area contributed by atoms with Crippen molar-refractivity contribution in [3.8, 4) is 6.07 Å². The molecule has 1 heterocycles. The fourth-order valence-electron chi connectivity index (χ4n) is 2.74. The maximum Gasteiger partial charge on any atom is 0.179 e. The molecule has 2 N–H and O–H groups in total. The second-order valence-corrected chi connectivity index (χ2v) is 7.49. The van der Waals surface area contributed by atoms with Gasteiger partial charge in [-0.2, -0.15) is 5.26 Å². The Bertz CT molecular complexity index is 622. The summed E-state index contributed by atoms with van der Waals surface area (Å²) in [6.45, 7) is 1.99. The van der Waals surface area contributed by atoms with E-state index in [-0.39, 0.29) is 10.6 Å². The van der Waals surface area contributed by atoms with Gasteiger partial charge in [-0.15, -0.1) is 0 Å². The molecule has 0 bridgehead atoms. The molecule has 0 spiro atoms. The molecule has 1 aromatic carbocycles. The summed E-state index contributed by atoms with van der Waals surface area (Å²) in [5, 5.41) is 8.86. The van der Waals surface area contributed by atoms with E-state index in [9.17, 15) is 8.42 Å². The van der Waals surface area contributed by atoms with Crippen molar-refractivity contribution >= 4 is 9.84 Å². The van der Waals surface area contributed by atoms with Crippen molar-refractivity contribution in [3.05, 3.63) is 29.8 Å². The number of nitrogens with two attached hydrogens (primary N) is 1. The third-order valence-corrected chi connectivity index (χ3v) is 5.68. The lowest BCUT2D eigenvalue weighted by Crippen LogP contribution is -2.45. The third-order valence-electron chi connectivity index (χ3n) is 3.99. The van der Waals surface area contributed by atoms with Crippen LogP contribution in [0, 0.1) is 11.3 Å². The first kappa shape index (κ1) is 16.0. The standard InChI is InChI=1S/C15H21N3O2S/c16-11-13-4-3-6-15(10-13)21(19,20)9-8-18-7-2-1-5-14(18)12-17/h3-4,6,10,14H,1-2,5,7-9,12,17H2. The molecule has 1 saturated heterocycles. The highest BCUT2D eigenvalue weighted by molar-refractivity contribution is 7.91. The van der Waals surface area contributed by atoms with Crippen LogP contribution >= 0.6 is 0 Å². The molecular formula is C15H21N3O2S. The highest BCUT2D eigenvalue weighted by Gasteiger charge is 2.23. The van der Waals surface area contributed by atoms with Gasteiger partial charge in [-0.1, -0.05) is 12.5 Å². The van der Waals surface area contributed by atoms with E-state index in [2.05, 4.69) is 4.90 Å². The first-order chi connectivity index (χ1) is 10.1. The van der Waals surface area contributed by atoms with Gasteiger partial charge in [0.15, 0.2) is 9.84 Å². The molecule has 1 aromatic rings. The minimum atomic E-state index is -3.36. The summed E-state index contributed by atoms with van der Waals surface area (Å²) in [6.07, 6.45) is 3.30. The SMILES string of the molecule is N#Cc1cccc(S(=O)(=O)CCN2CCCCC2CN)c1. The van der Waals surface area contributed by atoms with Crippen LogP contribution < -0.4 is 5.73 Å². The lowest BCUT2D eigenvalue weighted by Gasteiger charge is -2.34. The van der Waals surface area contributed by atoms with Gasteiger partial charge >= 0.3 is 0 Å². The predicted octanol–water partition coefficient (Wildman–Crippen LogP) is 1.15. The maximum absolute atomic E-state index is 12.4. The molecule has 0 aliphatic carbocycles. The van der Waals surface area contributed by atoms with E-state index in [0.29, 0.717) is 24.7 Å². The minimum absolute atomic E-state index is 0.0678. The molecule has 6 heteroatoms. The van der Waals surface area contributed by atoms with Gasteiger partial charge in [0, 0.05) is 19.1 Å². The van der Waals surface area contributed by atoms with Gasteiger partial charge in [0.25, 0.3) is 0 Å². The van der Waals surface area contributed by atoms with Crippen molar-refractivity contribution in [2.45, 2.75) is 30.2 Å². The van der Waals surface area contributed by atoms with Crippen molar-refractivity contribution < 1.29 is 8.42 Å². The van der Waals surface area contributed by atoms with Crippen LogP contribution in [0.4, 0.5) is 0 Å². The van der Waals surface area contributed by atoms with Gasteiger partial charge in [0.1, 0.15) is 0 Å². The van der Waals surface area contributed by atoms with Crippen molar-refractivity contribution in [1.29, 1.82) is 5.26 Å². The zero-order valence-corrected chi connectivity index (χ0v) is 12.8. The summed E-state index contributed by atoms with van der Waals surface area (Å²) in [5.74, 6) is 0.0678. The highest BCUT2D eigenvalue weighted by Crippen LogP contribution is 2.18. The van der Waals surface area contributed by atoms with E-state index >= 15 is 0 Å². The predicted molar refractivity (Wildman–Crippen MR) is 81.5 cm³/mol. The Hall–Kier alpha value is -1.42. The molecule has 0 radical (unpaired) electrons. The number of rotatable bonds is 5. The van der Waals surface area contributed by atoms with E-state index in [1.54, 1.807) is 18.2 Å². The van der Waals surface area contributed by atoms with E-state index < -0.39 is 9.84 Å². The van der Waals surface area contributed by atoms with E-state index in [1.807, 2.05) is 6.07 Å². The van der Waals surface area contributed by atoms with Gasteiger partial charge in [-0.3, -0.25) is 4.90 Å². The van der Waals surface area contributed by atoms with Crippen molar-refractivity contribution in [3.63, 3.8) is 0 Å². The summed E-state index contributed by atoms with van der Waals surface area (Å²) in [4.78, 5) is 2.40. The lowest BCUT2D eigenvalue weighted by molar-refractivity contribution is 0.162. The number of nitrogens with zero attached hydrogens (tertiary/aromatic N) is 2. The molecule has 2 rings (SSSR count). The average molecular weight is 307 g/mol. The summed E-state index contributed by atoms with van der Waals surface area (Å²) < 4.78 is 24.7. The van der Waals surface area contributed by atoms with Crippen LogP contribution in [0.3, 0.4) is 0 Å². The minimum Gasteiger partial charge on any atom is -0.329 e. The van der Waals surface area contributed by atoms with Crippen LogP contribution in [0.25, 0.3) is 0 Å². The zero-order chi connectivity index (χ0) is 15.3. The summed E-state index contributed by atoms with van der Waals surface area (Å²) >= 11 is 0. The first-order valence-electron chi connectivity index (χ1n) is 7.24. The topological polar surface area (TPSA) is 87.2 Å². The fourth-order valence-corrected chi connectivity index (χ4v) is 4.04. The number of likely N-dealkylation sites (tertiary alicyclic amines) is 1. The number of sulfone groups is 1. The molecule has 114 valence electrons. The molecular weight excluding hydrogens is 286 g/mol. The quantitative estimate of drug-likeness (QED) is 0.881. The zero-order valence-electron chi connectivity index (χ0n) is 12.0. The lowest BCUT2D eigenvalue weighted by atomic mass is 10.0. The highest BCUT2D eigenvalue weighted by atomic mass is 32.2. The monoisotopic (exact) mass is 307 g/mol. The van der Waals surface area contributed by atoms with Crippen LogP contribution in [0.1, 0.15) is 24.8 Å². The molecule has 1 fully saturated rings. The van der Waals surface area contributed by atoms with Gasteiger partial charge in [-0.05, 0) is 37.6 Å². The van der Waals surface area contributed by atoms with Crippen LogP contribution in [-0.4, -0.2) is 44.7 Å². The fraction of sp³-hybridized carbons (Fsp3) is 0.533. The van der Waals surface area contributed by atoms with Gasteiger partial charge in [0.2, 0.25) is 0 Å². The maximum atomic E-state index is 12.4. The van der Waals surface area contributed by atoms with Crippen LogP contribution in [-0.2, 0) is 9.84 Å². The first-order valence-corrected chi connectivity index (χ1v) is 8.89. The Morgan fingerprint density at radius 3 is 2.90 bits per heavy atom. The Morgan fingerprint density at radius 2 is 2.19 bits per heavy atom. The molecule has 1 aliphatic rings. The van der Waals surface area contributed by atoms with Gasteiger partial charge < -0.3 is 5.73 Å². The van der Waals surface area contributed by atoms with Crippen LogP contribution in [0.5, 0.6) is 0 Å². The summed E-state index contributed by atoms with van der Waals surface area (Å²) in [7, 11) is -3.36. The second-order valence-electron chi connectivity index (χ2n) is 5.38. The van der Waals surface area contributed by atoms with Crippen LogP contribution in [0.15, 0.2) is 29.2 Å². The third kappa shape index (κ3) is 4.03. The number of benzene rings is 1. The van der Waals surface area contributed by atoms with Gasteiger partial charge in [0.05, 0.1) is 22.3 Å². The molecule has 0 aromatic heterocycles. The Kier molecular flexibility index (Phi) is 5.34. The van der Waals surface area contributed by atoms with E-state index in [1.165, 1.54) is 6.07 Å². The molecule has 21 heavy (non-hydrogen) atoms. The average Bonchev–Trinajstić information content (AvgIpc) is 2.53. The normalized spacial score (nSPS) is 20.1. The van der Waals surface area contributed by atoms with Crippen molar-refractivity contribution in [1.82, 2.24) is 4.90 Å². The largest absolute Gasteiger partial charge is 0.329 e. The van der Waals surface area contributed by atoms with Crippen LogP contribution in [0.2, 0.25) is 0 Å². The number of hydrogen-bond acceptors (Lipinski definition) is 5. The molecule has 1 atom stereocenters. The Balaban J connectivity index is 2.05. The Labute approximate surface area is 126 Å². The Morgan fingerprint density at radius 1 is 1.38 bits per heavy atom. The van der Waals surface area contributed by atoms with E-state index in [4.69, 9.17) is 11.0 Å². The molecule has 1 aliphatic heterocycles. The smallest absolute Gasteiger partial charge is 0.179 e. The van der Waals surface area contributed by atoms with Crippen molar-refractivity contribution in [2.24, 2.45) is 5.73 Å². The number of hydrogen-bond donors (Lipinski definition) is 1. The summed E-state index contributed by atoms with van der Waals surface area (Å²) in [5.41, 5.74) is 6.12. The molecule has 0 amide bonds. The number of piperidine rings is 1. The molecule has 1 unspecified atom stereocenters. The molecule has 0 saturated carbocycles. The van der Waals surface area contributed by atoms with Gasteiger partial charge in [-0.25, -0.2) is 8.42 Å². The van der Waals surface area contributed by atoms with Crippen molar-refractivity contribution in [2.75, 3.05) is 25.4 Å².